The lowest BCUT2D eigenvalue weighted by atomic mass is 10.1. The number of aryl methyl sites for hydroxylation is 2. The Morgan fingerprint density at radius 3 is 2.33 bits per heavy atom. The smallest absolute Gasteiger partial charge is 0.133 e. The van der Waals surface area contributed by atoms with Gasteiger partial charge in [0.05, 0.1) is 0 Å². The van der Waals surface area contributed by atoms with Gasteiger partial charge < -0.3 is 10.5 Å². The van der Waals surface area contributed by atoms with E-state index in [1.54, 1.807) is 0 Å². The number of rotatable bonds is 3. The summed E-state index contributed by atoms with van der Waals surface area (Å²) in [4.78, 5) is 0. The van der Waals surface area contributed by atoms with Gasteiger partial charge in [-0.25, -0.2) is 0 Å². The Morgan fingerprint density at radius 1 is 0.944 bits per heavy atom. The van der Waals surface area contributed by atoms with Crippen LogP contribution in [0.5, 0.6) is 11.5 Å². The quantitative estimate of drug-likeness (QED) is 0.885. The highest BCUT2D eigenvalue weighted by Crippen LogP contribution is 2.32. The summed E-state index contributed by atoms with van der Waals surface area (Å²) < 4.78 is 6.06. The minimum atomic E-state index is 0.486. The second-order valence-electron chi connectivity index (χ2n) is 4.57. The van der Waals surface area contributed by atoms with Crippen LogP contribution in [0, 0.1) is 20.8 Å². The molecule has 0 bridgehead atoms. The third-order valence-electron chi connectivity index (χ3n) is 3.28. The molecule has 0 aliphatic carbocycles. The number of para-hydroxylation sites is 1. The molecule has 2 N–H and O–H groups in total. The monoisotopic (exact) mass is 241 g/mol. The number of benzene rings is 2. The van der Waals surface area contributed by atoms with E-state index in [0.29, 0.717) is 6.54 Å². The molecular formula is C16H19NO. The van der Waals surface area contributed by atoms with Gasteiger partial charge in [0.25, 0.3) is 0 Å². The second kappa shape index (κ2) is 5.23. The first-order valence-electron chi connectivity index (χ1n) is 6.16. The first kappa shape index (κ1) is 12.7. The first-order valence-corrected chi connectivity index (χ1v) is 6.16. The van der Waals surface area contributed by atoms with Crippen molar-refractivity contribution in [3.63, 3.8) is 0 Å². The predicted molar refractivity (Wildman–Crippen MR) is 75.1 cm³/mol. The highest BCUT2D eigenvalue weighted by Gasteiger charge is 2.09. The van der Waals surface area contributed by atoms with Gasteiger partial charge in [0.2, 0.25) is 0 Å². The summed E-state index contributed by atoms with van der Waals surface area (Å²) in [5.41, 5.74) is 10.3. The lowest BCUT2D eigenvalue weighted by molar-refractivity contribution is 0.468. The van der Waals surface area contributed by atoms with Crippen molar-refractivity contribution in [3.8, 4) is 11.5 Å². The zero-order valence-corrected chi connectivity index (χ0v) is 11.2. The Labute approximate surface area is 108 Å². The summed E-state index contributed by atoms with van der Waals surface area (Å²) in [5.74, 6) is 1.78. The summed E-state index contributed by atoms with van der Waals surface area (Å²) in [6.07, 6.45) is 0. The van der Waals surface area contributed by atoms with E-state index < -0.39 is 0 Å². The van der Waals surface area contributed by atoms with Gasteiger partial charge in [-0.1, -0.05) is 30.3 Å². The third-order valence-corrected chi connectivity index (χ3v) is 3.28. The summed E-state index contributed by atoms with van der Waals surface area (Å²) in [5, 5.41) is 0. The lowest BCUT2D eigenvalue weighted by Crippen LogP contribution is -2.00. The fraction of sp³-hybridized carbons (Fsp3) is 0.250. The molecule has 0 saturated heterocycles. The molecule has 2 rings (SSSR count). The van der Waals surface area contributed by atoms with Crippen molar-refractivity contribution in [2.24, 2.45) is 5.73 Å². The van der Waals surface area contributed by atoms with Crippen molar-refractivity contribution in [3.05, 3.63) is 58.7 Å². The van der Waals surface area contributed by atoms with Gasteiger partial charge in [-0.2, -0.15) is 0 Å². The van der Waals surface area contributed by atoms with Crippen LogP contribution < -0.4 is 10.5 Å². The van der Waals surface area contributed by atoms with Gasteiger partial charge in [-0.15, -0.1) is 0 Å². The van der Waals surface area contributed by atoms with Crippen LogP contribution in [0.2, 0.25) is 0 Å². The Kier molecular flexibility index (Phi) is 3.68. The van der Waals surface area contributed by atoms with E-state index in [-0.39, 0.29) is 0 Å². The van der Waals surface area contributed by atoms with E-state index >= 15 is 0 Å². The standard InChI is InChI=1S/C16H19NO/c1-11-8-9-12(2)16(13(11)3)18-15-7-5-4-6-14(15)10-17/h4-9H,10,17H2,1-3H3. The zero-order valence-electron chi connectivity index (χ0n) is 11.2. The van der Waals surface area contributed by atoms with Gasteiger partial charge in [0.15, 0.2) is 0 Å². The van der Waals surface area contributed by atoms with Crippen LogP contribution >= 0.6 is 0 Å². The minimum absolute atomic E-state index is 0.486. The number of nitrogens with two attached hydrogens (primary N) is 1. The molecule has 18 heavy (non-hydrogen) atoms. The third kappa shape index (κ3) is 2.39. The lowest BCUT2D eigenvalue weighted by Gasteiger charge is -2.15. The predicted octanol–water partition coefficient (Wildman–Crippen LogP) is 3.86. The Balaban J connectivity index is 2.43. The van der Waals surface area contributed by atoms with E-state index in [4.69, 9.17) is 10.5 Å². The topological polar surface area (TPSA) is 35.2 Å². The van der Waals surface area contributed by atoms with E-state index in [9.17, 15) is 0 Å². The molecule has 0 fully saturated rings. The van der Waals surface area contributed by atoms with Gasteiger partial charge >= 0.3 is 0 Å². The molecule has 0 amide bonds. The molecule has 0 aliphatic rings. The maximum absolute atomic E-state index is 6.06. The minimum Gasteiger partial charge on any atom is -0.456 e. The molecule has 2 heteroatoms. The Hall–Kier alpha value is -1.80. The molecule has 94 valence electrons. The molecule has 0 unspecified atom stereocenters. The molecule has 2 nitrogen and oxygen atoms in total. The molecule has 0 atom stereocenters. The van der Waals surface area contributed by atoms with E-state index in [0.717, 1.165) is 22.6 Å². The fourth-order valence-electron chi connectivity index (χ4n) is 1.96. The largest absolute Gasteiger partial charge is 0.456 e. The van der Waals surface area contributed by atoms with E-state index in [1.807, 2.05) is 24.3 Å². The molecule has 2 aromatic rings. The van der Waals surface area contributed by atoms with Crippen LogP contribution in [0.3, 0.4) is 0 Å². The molecule has 2 aromatic carbocycles. The van der Waals surface area contributed by atoms with Crippen molar-refractivity contribution in [1.29, 1.82) is 0 Å². The number of hydrogen-bond acceptors (Lipinski definition) is 2. The van der Waals surface area contributed by atoms with E-state index in [1.165, 1.54) is 11.1 Å². The number of hydrogen-bond donors (Lipinski definition) is 1. The van der Waals surface area contributed by atoms with Crippen LogP contribution in [-0.4, -0.2) is 0 Å². The molecule has 0 aliphatic heterocycles. The van der Waals surface area contributed by atoms with Crippen molar-refractivity contribution in [2.45, 2.75) is 27.3 Å². The molecular weight excluding hydrogens is 222 g/mol. The van der Waals surface area contributed by atoms with Crippen LogP contribution in [0.1, 0.15) is 22.3 Å². The van der Waals surface area contributed by atoms with Crippen LogP contribution in [0.15, 0.2) is 36.4 Å². The number of ether oxygens (including phenoxy) is 1. The maximum Gasteiger partial charge on any atom is 0.133 e. The summed E-state index contributed by atoms with van der Waals surface area (Å²) in [6, 6.07) is 12.1. The van der Waals surface area contributed by atoms with Crippen molar-refractivity contribution >= 4 is 0 Å². The van der Waals surface area contributed by atoms with Crippen molar-refractivity contribution in [2.75, 3.05) is 0 Å². The maximum atomic E-state index is 6.06. The van der Waals surface area contributed by atoms with Gasteiger partial charge in [0, 0.05) is 12.1 Å². The van der Waals surface area contributed by atoms with Crippen LogP contribution in [0.4, 0.5) is 0 Å². The van der Waals surface area contributed by atoms with Crippen LogP contribution in [0.25, 0.3) is 0 Å². The normalized spacial score (nSPS) is 10.4. The highest BCUT2D eigenvalue weighted by atomic mass is 16.5. The second-order valence-corrected chi connectivity index (χ2v) is 4.57. The molecule has 0 aromatic heterocycles. The Morgan fingerprint density at radius 2 is 1.61 bits per heavy atom. The molecule has 0 spiro atoms. The van der Waals surface area contributed by atoms with Crippen molar-refractivity contribution < 1.29 is 4.74 Å². The van der Waals surface area contributed by atoms with Gasteiger partial charge in [0.1, 0.15) is 11.5 Å². The SMILES string of the molecule is Cc1ccc(C)c(Oc2ccccc2CN)c1C. The Bertz CT molecular complexity index is 561. The molecule has 0 saturated carbocycles. The summed E-state index contributed by atoms with van der Waals surface area (Å²) in [6.45, 7) is 6.73. The zero-order chi connectivity index (χ0) is 13.1. The molecule has 0 heterocycles. The molecule has 0 radical (unpaired) electrons. The van der Waals surface area contributed by atoms with E-state index in [2.05, 4.69) is 32.9 Å². The summed E-state index contributed by atoms with van der Waals surface area (Å²) in [7, 11) is 0. The highest BCUT2D eigenvalue weighted by molar-refractivity contribution is 5.48. The first-order chi connectivity index (χ1) is 8.63. The average Bonchev–Trinajstić information content (AvgIpc) is 2.39. The average molecular weight is 241 g/mol. The van der Waals surface area contributed by atoms with Gasteiger partial charge in [-0.3, -0.25) is 0 Å². The van der Waals surface area contributed by atoms with Crippen LogP contribution in [-0.2, 0) is 6.54 Å². The van der Waals surface area contributed by atoms with Gasteiger partial charge in [-0.05, 0) is 43.5 Å². The summed E-state index contributed by atoms with van der Waals surface area (Å²) >= 11 is 0. The fourth-order valence-corrected chi connectivity index (χ4v) is 1.96. The van der Waals surface area contributed by atoms with Crippen molar-refractivity contribution in [1.82, 2.24) is 0 Å².